The number of ether oxygens (including phenoxy) is 3. The molecule has 0 bridgehead atoms. The molecule has 5 nitrogen and oxygen atoms in total. The number of rotatable bonds is 15. The molecule has 0 amide bonds. The van der Waals surface area contributed by atoms with Crippen LogP contribution < -0.4 is 9.47 Å². The molecular weight excluding hydrogens is 512 g/mol. The van der Waals surface area contributed by atoms with Crippen LogP contribution in [-0.2, 0) is 9.53 Å². The van der Waals surface area contributed by atoms with Gasteiger partial charge in [0, 0.05) is 11.5 Å². The molecule has 0 saturated heterocycles. The van der Waals surface area contributed by atoms with E-state index in [-0.39, 0.29) is 5.97 Å². The summed E-state index contributed by atoms with van der Waals surface area (Å²) >= 11 is 0. The van der Waals surface area contributed by atoms with E-state index in [4.69, 9.17) is 14.2 Å². The lowest BCUT2D eigenvalue weighted by molar-refractivity contribution is -0.128. The first-order valence-electron chi connectivity index (χ1n) is 14.8. The normalized spacial score (nSPS) is 11.2. The van der Waals surface area contributed by atoms with Gasteiger partial charge in [-0.3, -0.25) is 0 Å². The zero-order valence-electron chi connectivity index (χ0n) is 24.6. The zero-order chi connectivity index (χ0) is 29.3. The van der Waals surface area contributed by atoms with Crippen molar-refractivity contribution >= 4 is 11.9 Å². The largest absolute Gasteiger partial charge is 0.494 e. The lowest BCUT2D eigenvalue weighted by atomic mass is 10.0. The van der Waals surface area contributed by atoms with E-state index in [0.717, 1.165) is 29.7 Å². The highest BCUT2D eigenvalue weighted by Gasteiger charge is 2.10. The molecule has 3 rings (SSSR count). The van der Waals surface area contributed by atoms with Gasteiger partial charge in [-0.2, -0.15) is 0 Å². The standard InChI is InChI=1S/C36H42O5/c1-4-6-7-8-9-10-11-26-39-33-21-12-29(13-22-33)14-25-35(37)41-34-23-19-31(20-24-34)30-15-17-32(18-16-30)36(38)40-27-28(3)5-2/h12-13,15-24,28H,4-11,26-27H2,1-3H3. The molecule has 0 saturated carbocycles. The van der Waals surface area contributed by atoms with E-state index in [1.807, 2.05) is 48.5 Å². The van der Waals surface area contributed by atoms with Crippen molar-refractivity contribution in [1.82, 2.24) is 0 Å². The molecule has 41 heavy (non-hydrogen) atoms. The summed E-state index contributed by atoms with van der Waals surface area (Å²) in [6.45, 7) is 7.49. The average Bonchev–Trinajstić information content (AvgIpc) is 3.01. The van der Waals surface area contributed by atoms with Gasteiger partial charge >= 0.3 is 11.9 Å². The van der Waals surface area contributed by atoms with Crippen molar-refractivity contribution in [1.29, 1.82) is 0 Å². The third-order valence-electron chi connectivity index (χ3n) is 6.89. The molecule has 1 atom stereocenters. The van der Waals surface area contributed by atoms with E-state index in [1.165, 1.54) is 38.5 Å². The molecule has 0 heterocycles. The summed E-state index contributed by atoms with van der Waals surface area (Å²) < 4.78 is 16.5. The summed E-state index contributed by atoms with van der Waals surface area (Å²) in [7, 11) is 0. The van der Waals surface area contributed by atoms with Crippen LogP contribution in [0.25, 0.3) is 11.1 Å². The Morgan fingerprint density at radius 1 is 0.732 bits per heavy atom. The molecular formula is C36H42O5. The van der Waals surface area contributed by atoms with Crippen LogP contribution in [0, 0.1) is 17.8 Å². The molecule has 0 aliphatic carbocycles. The van der Waals surface area contributed by atoms with Crippen molar-refractivity contribution in [2.45, 2.75) is 72.1 Å². The maximum absolute atomic E-state index is 12.2. The summed E-state index contributed by atoms with van der Waals surface area (Å²) in [4.78, 5) is 24.5. The van der Waals surface area contributed by atoms with Crippen LogP contribution in [0.5, 0.6) is 11.5 Å². The Kier molecular flexibility index (Phi) is 13.5. The fourth-order valence-corrected chi connectivity index (χ4v) is 4.07. The van der Waals surface area contributed by atoms with E-state index >= 15 is 0 Å². The van der Waals surface area contributed by atoms with Crippen molar-refractivity contribution in [2.75, 3.05) is 13.2 Å². The number of hydrogen-bond acceptors (Lipinski definition) is 5. The van der Waals surface area contributed by atoms with Crippen LogP contribution in [0.2, 0.25) is 0 Å². The minimum absolute atomic E-state index is 0.316. The zero-order valence-corrected chi connectivity index (χ0v) is 24.6. The SMILES string of the molecule is CCCCCCCCCOc1ccc(C#CC(=O)Oc2ccc(-c3ccc(C(=O)OCC(C)CC)cc3)cc2)cc1. The predicted molar refractivity (Wildman–Crippen MR) is 164 cm³/mol. The van der Waals surface area contributed by atoms with Gasteiger partial charge in [-0.25, -0.2) is 9.59 Å². The smallest absolute Gasteiger partial charge is 0.390 e. The number of carbonyl (C=O) groups is 2. The lowest BCUT2D eigenvalue weighted by Gasteiger charge is -2.10. The molecule has 5 heteroatoms. The van der Waals surface area contributed by atoms with Gasteiger partial charge in [-0.05, 0) is 72.0 Å². The van der Waals surface area contributed by atoms with Crippen LogP contribution in [0.3, 0.4) is 0 Å². The molecule has 0 aliphatic rings. The summed E-state index contributed by atoms with van der Waals surface area (Å²) in [6.07, 6.45) is 9.73. The molecule has 0 spiro atoms. The van der Waals surface area contributed by atoms with E-state index in [1.54, 1.807) is 24.3 Å². The Bertz CT molecular complexity index is 1260. The molecule has 0 aromatic heterocycles. The summed E-state index contributed by atoms with van der Waals surface area (Å²) in [5.74, 6) is 5.99. The van der Waals surface area contributed by atoms with Crippen LogP contribution in [0.4, 0.5) is 0 Å². The third-order valence-corrected chi connectivity index (χ3v) is 6.89. The Morgan fingerprint density at radius 2 is 1.32 bits per heavy atom. The predicted octanol–water partition coefficient (Wildman–Crippen LogP) is 8.64. The first-order valence-corrected chi connectivity index (χ1v) is 14.8. The number of benzene rings is 3. The van der Waals surface area contributed by atoms with E-state index in [2.05, 4.69) is 32.6 Å². The van der Waals surface area contributed by atoms with Gasteiger partial charge < -0.3 is 14.2 Å². The average molecular weight is 555 g/mol. The van der Waals surface area contributed by atoms with E-state index < -0.39 is 5.97 Å². The number of hydrogen-bond donors (Lipinski definition) is 0. The quantitative estimate of drug-likeness (QED) is 0.0814. The second-order valence-electron chi connectivity index (χ2n) is 10.3. The Balaban J connectivity index is 1.42. The minimum atomic E-state index is -0.628. The fourth-order valence-electron chi connectivity index (χ4n) is 4.07. The molecule has 0 fully saturated rings. The van der Waals surface area contributed by atoms with E-state index in [9.17, 15) is 9.59 Å². The second-order valence-corrected chi connectivity index (χ2v) is 10.3. The monoisotopic (exact) mass is 554 g/mol. The van der Waals surface area contributed by atoms with Gasteiger partial charge in [0.25, 0.3) is 0 Å². The lowest BCUT2D eigenvalue weighted by Crippen LogP contribution is -2.11. The van der Waals surface area contributed by atoms with Crippen LogP contribution in [-0.4, -0.2) is 25.2 Å². The van der Waals surface area contributed by atoms with Gasteiger partial charge in [0.05, 0.1) is 18.8 Å². The van der Waals surface area contributed by atoms with Crippen molar-refractivity contribution in [3.63, 3.8) is 0 Å². The third kappa shape index (κ3) is 11.5. The van der Waals surface area contributed by atoms with E-state index in [0.29, 0.717) is 36.0 Å². The topological polar surface area (TPSA) is 61.8 Å². The van der Waals surface area contributed by atoms with Gasteiger partial charge in [0.2, 0.25) is 0 Å². The Morgan fingerprint density at radius 3 is 1.95 bits per heavy atom. The number of carbonyl (C=O) groups excluding carboxylic acids is 2. The molecule has 1 unspecified atom stereocenters. The van der Waals surface area contributed by atoms with Crippen LogP contribution in [0.1, 0.15) is 88.1 Å². The minimum Gasteiger partial charge on any atom is -0.494 e. The fraction of sp³-hybridized carbons (Fsp3) is 0.389. The first-order chi connectivity index (χ1) is 20.0. The highest BCUT2D eigenvalue weighted by molar-refractivity contribution is 5.91. The van der Waals surface area contributed by atoms with Crippen molar-refractivity contribution < 1.29 is 23.8 Å². The molecule has 0 N–H and O–H groups in total. The van der Waals surface area contributed by atoms with Gasteiger partial charge in [-0.15, -0.1) is 0 Å². The van der Waals surface area contributed by atoms with Crippen LogP contribution >= 0.6 is 0 Å². The maximum Gasteiger partial charge on any atom is 0.390 e. The second kappa shape index (κ2) is 17.6. The molecule has 0 aliphatic heterocycles. The molecule has 216 valence electrons. The number of esters is 2. The summed E-state index contributed by atoms with van der Waals surface area (Å²) in [6, 6.07) is 21.8. The highest BCUT2D eigenvalue weighted by atomic mass is 16.5. The van der Waals surface area contributed by atoms with Gasteiger partial charge in [0.1, 0.15) is 11.5 Å². The van der Waals surface area contributed by atoms with Gasteiger partial charge in [-0.1, -0.05) is 95.9 Å². The van der Waals surface area contributed by atoms with Gasteiger partial charge in [0.15, 0.2) is 0 Å². The Labute approximate surface area is 245 Å². The highest BCUT2D eigenvalue weighted by Crippen LogP contribution is 2.23. The molecule has 3 aromatic rings. The van der Waals surface area contributed by atoms with Crippen LogP contribution in [0.15, 0.2) is 72.8 Å². The molecule has 0 radical (unpaired) electrons. The first kappa shape index (κ1) is 31.5. The molecule has 3 aromatic carbocycles. The van der Waals surface area contributed by atoms with Crippen molar-refractivity contribution in [2.24, 2.45) is 5.92 Å². The number of unbranched alkanes of at least 4 members (excludes halogenated alkanes) is 6. The maximum atomic E-state index is 12.2. The summed E-state index contributed by atoms with van der Waals surface area (Å²) in [5.41, 5.74) is 3.11. The van der Waals surface area contributed by atoms with Crippen molar-refractivity contribution in [3.05, 3.63) is 83.9 Å². The van der Waals surface area contributed by atoms with Crippen molar-refractivity contribution in [3.8, 4) is 34.5 Å². The summed E-state index contributed by atoms with van der Waals surface area (Å²) in [5, 5.41) is 0. The Hall–Kier alpha value is -4.04.